The van der Waals surface area contributed by atoms with Gasteiger partial charge in [-0.15, -0.1) is 0 Å². The quantitative estimate of drug-likeness (QED) is 0.316. The van der Waals surface area contributed by atoms with E-state index < -0.39 is 28.7 Å². The molecular weight excluding hydrogens is 504 g/mol. The summed E-state index contributed by atoms with van der Waals surface area (Å²) < 4.78 is 82.3. The molecule has 0 heterocycles. The van der Waals surface area contributed by atoms with Crippen LogP contribution in [0.2, 0.25) is 0 Å². The lowest BCUT2D eigenvalue weighted by Crippen LogP contribution is -2.21. The zero-order valence-electron chi connectivity index (χ0n) is 19.5. The van der Waals surface area contributed by atoms with Gasteiger partial charge >= 0.3 is 6.18 Å². The van der Waals surface area contributed by atoms with Crippen molar-refractivity contribution >= 4 is 27.6 Å². The summed E-state index contributed by atoms with van der Waals surface area (Å²) in [5, 5.41) is 0.868. The molecule has 0 bridgehead atoms. The molecule has 0 aromatic heterocycles. The van der Waals surface area contributed by atoms with Crippen molar-refractivity contribution in [3.05, 3.63) is 113 Å². The molecule has 0 spiro atoms. The van der Waals surface area contributed by atoms with Gasteiger partial charge in [-0.3, -0.25) is 0 Å². The van der Waals surface area contributed by atoms with Crippen LogP contribution in [0.3, 0.4) is 0 Å². The minimum atomic E-state index is -4.59. The molecule has 188 valence electrons. The molecule has 3 aromatic rings. The summed E-state index contributed by atoms with van der Waals surface area (Å²) in [6, 6.07) is 20.7. The Bertz CT molecular complexity index is 1380. The van der Waals surface area contributed by atoms with E-state index in [1.54, 1.807) is 60.7 Å². The summed E-state index contributed by atoms with van der Waals surface area (Å²) in [5.74, 6) is 0. The second-order valence-corrected chi connectivity index (χ2v) is 13.4. The van der Waals surface area contributed by atoms with Crippen LogP contribution in [0.5, 0.6) is 0 Å². The van der Waals surface area contributed by atoms with Gasteiger partial charge in [-0.1, -0.05) is 79.2 Å². The number of allylic oxidation sites excluding steroid dienone is 2. The lowest BCUT2D eigenvalue weighted by Gasteiger charge is -2.27. The Morgan fingerprint density at radius 1 is 0.750 bits per heavy atom. The van der Waals surface area contributed by atoms with E-state index in [1.807, 2.05) is 0 Å². The molecule has 3 aromatic carbocycles. The van der Waals surface area contributed by atoms with Gasteiger partial charge in [0, 0.05) is 15.9 Å². The molecule has 36 heavy (non-hydrogen) atoms. The van der Waals surface area contributed by atoms with Gasteiger partial charge in [0.15, 0.2) is 7.14 Å². The van der Waals surface area contributed by atoms with E-state index in [-0.39, 0.29) is 15.1 Å². The molecule has 0 N–H and O–H groups in total. The van der Waals surface area contributed by atoms with E-state index >= 15 is 0 Å². The van der Waals surface area contributed by atoms with E-state index in [9.17, 15) is 26.2 Å². The van der Waals surface area contributed by atoms with Gasteiger partial charge in [-0.25, -0.2) is 8.42 Å². The first kappa shape index (κ1) is 26.2. The fourth-order valence-corrected chi connectivity index (χ4v) is 9.50. The molecule has 1 aliphatic carbocycles. The highest BCUT2D eigenvalue weighted by atomic mass is 32.2. The molecule has 1 saturated carbocycles. The molecule has 0 saturated heterocycles. The maximum absolute atomic E-state index is 14.9. The monoisotopic (exact) mass is 530 g/mol. The Kier molecular flexibility index (Phi) is 7.44. The average molecular weight is 531 g/mol. The maximum atomic E-state index is 14.9. The molecular formula is C28H26F3O3PS. The maximum Gasteiger partial charge on any atom is 0.416 e. The van der Waals surface area contributed by atoms with Gasteiger partial charge in [-0.2, -0.15) is 13.2 Å². The van der Waals surface area contributed by atoms with Crippen LogP contribution in [-0.4, -0.2) is 8.42 Å². The summed E-state index contributed by atoms with van der Waals surface area (Å²) in [5.41, 5.74) is -0.315. The van der Waals surface area contributed by atoms with Crippen LogP contribution >= 0.6 is 7.14 Å². The molecule has 0 radical (unpaired) electrons. The number of sulfone groups is 1. The minimum absolute atomic E-state index is 0.0169. The van der Waals surface area contributed by atoms with Crippen molar-refractivity contribution < 1.29 is 26.2 Å². The smallest absolute Gasteiger partial charge is 0.309 e. The number of rotatable bonds is 6. The molecule has 0 aliphatic heterocycles. The summed E-state index contributed by atoms with van der Waals surface area (Å²) in [7, 11) is -8.02. The molecule has 8 heteroatoms. The van der Waals surface area contributed by atoms with Crippen LogP contribution in [0.25, 0.3) is 0 Å². The van der Waals surface area contributed by atoms with E-state index in [4.69, 9.17) is 0 Å². The molecule has 3 nitrogen and oxygen atoms in total. The first-order valence-electron chi connectivity index (χ1n) is 11.6. The van der Waals surface area contributed by atoms with Crippen LogP contribution in [0.1, 0.15) is 37.7 Å². The molecule has 1 aliphatic rings. The van der Waals surface area contributed by atoms with Crippen LogP contribution in [-0.2, 0) is 20.6 Å². The van der Waals surface area contributed by atoms with Gasteiger partial charge in [0.1, 0.15) is 0 Å². The number of alkyl halides is 3. The third-order valence-corrected chi connectivity index (χ3v) is 11.6. The van der Waals surface area contributed by atoms with Gasteiger partial charge < -0.3 is 4.57 Å². The summed E-state index contributed by atoms with van der Waals surface area (Å²) in [6.07, 6.45) is -1.10. The largest absolute Gasteiger partial charge is 0.416 e. The zero-order valence-corrected chi connectivity index (χ0v) is 21.3. The average Bonchev–Trinajstić information content (AvgIpc) is 2.89. The standard InChI is InChI=1S/C28H26F3O3PS/c1-21(35(32,24-13-7-3-8-14-24)25-15-9-4-10-16-25)27(22-11-5-2-6-12-22)36(33,34)26-19-17-23(18-20-26)28(29,30)31/h3-4,7-10,13-20H,1-2,5-6,11-12H2. The van der Waals surface area contributed by atoms with E-state index in [1.165, 1.54) is 0 Å². The first-order valence-corrected chi connectivity index (χ1v) is 14.8. The van der Waals surface area contributed by atoms with Crippen molar-refractivity contribution in [1.29, 1.82) is 0 Å². The van der Waals surface area contributed by atoms with Crippen LogP contribution in [0.4, 0.5) is 13.2 Å². The Morgan fingerprint density at radius 2 is 1.22 bits per heavy atom. The molecule has 0 amide bonds. The number of halogens is 3. The van der Waals surface area contributed by atoms with Crippen molar-refractivity contribution in [2.45, 2.75) is 43.2 Å². The van der Waals surface area contributed by atoms with E-state index in [0.717, 1.165) is 43.5 Å². The highest BCUT2D eigenvalue weighted by Crippen LogP contribution is 2.56. The second kappa shape index (κ2) is 10.2. The van der Waals surface area contributed by atoms with Crippen molar-refractivity contribution in [2.75, 3.05) is 0 Å². The van der Waals surface area contributed by atoms with Gasteiger partial charge in [0.25, 0.3) is 0 Å². The minimum Gasteiger partial charge on any atom is -0.309 e. The molecule has 4 rings (SSSR count). The van der Waals surface area contributed by atoms with Crippen LogP contribution in [0.15, 0.2) is 112 Å². The van der Waals surface area contributed by atoms with Gasteiger partial charge in [0.2, 0.25) is 9.84 Å². The Hall–Kier alpha value is -2.89. The predicted octanol–water partition coefficient (Wildman–Crippen LogP) is 7.23. The first-order chi connectivity index (χ1) is 17.1. The van der Waals surface area contributed by atoms with Crippen molar-refractivity contribution in [3.63, 3.8) is 0 Å². The fourth-order valence-electron chi connectivity index (χ4n) is 4.58. The van der Waals surface area contributed by atoms with Crippen molar-refractivity contribution in [3.8, 4) is 0 Å². The third-order valence-electron chi connectivity index (χ3n) is 6.42. The Labute approximate surface area is 209 Å². The summed E-state index contributed by atoms with van der Waals surface area (Å²) in [6.45, 7) is 4.12. The zero-order chi connectivity index (χ0) is 26.0. The molecule has 0 unspecified atom stereocenters. The second-order valence-electron chi connectivity index (χ2n) is 8.75. The summed E-state index contributed by atoms with van der Waals surface area (Å²) in [4.78, 5) is -0.393. The van der Waals surface area contributed by atoms with Gasteiger partial charge in [0.05, 0.1) is 15.4 Å². The van der Waals surface area contributed by atoms with E-state index in [2.05, 4.69) is 6.58 Å². The number of hydrogen-bond acceptors (Lipinski definition) is 3. The lowest BCUT2D eigenvalue weighted by atomic mass is 9.94. The predicted molar refractivity (Wildman–Crippen MR) is 138 cm³/mol. The topological polar surface area (TPSA) is 51.2 Å². The SMILES string of the molecule is C=C(C(=C1CCCCC1)S(=O)(=O)c1ccc(C(F)(F)F)cc1)P(=O)(c1ccccc1)c1ccccc1. The van der Waals surface area contributed by atoms with Crippen LogP contribution in [0, 0.1) is 0 Å². The van der Waals surface area contributed by atoms with Gasteiger partial charge in [-0.05, 0) is 49.9 Å². The number of benzene rings is 3. The fraction of sp³-hybridized carbons (Fsp3) is 0.214. The normalized spacial score (nSPS) is 14.9. The van der Waals surface area contributed by atoms with E-state index in [0.29, 0.717) is 29.0 Å². The Morgan fingerprint density at radius 3 is 1.67 bits per heavy atom. The Balaban J connectivity index is 1.94. The van der Waals surface area contributed by atoms with Crippen molar-refractivity contribution in [2.24, 2.45) is 0 Å². The molecule has 1 fully saturated rings. The highest BCUT2D eigenvalue weighted by Gasteiger charge is 2.39. The summed E-state index contributed by atoms with van der Waals surface area (Å²) >= 11 is 0. The van der Waals surface area contributed by atoms with Crippen molar-refractivity contribution in [1.82, 2.24) is 0 Å². The number of hydrogen-bond donors (Lipinski definition) is 0. The molecule has 0 atom stereocenters. The highest BCUT2D eigenvalue weighted by molar-refractivity contribution is 7.97. The lowest BCUT2D eigenvalue weighted by molar-refractivity contribution is -0.137. The van der Waals surface area contributed by atoms with Crippen LogP contribution < -0.4 is 10.6 Å². The third kappa shape index (κ3) is 5.00.